The second-order valence-electron chi connectivity index (χ2n) is 6.56. The van der Waals surface area contributed by atoms with Crippen LogP contribution in [0.2, 0.25) is 0 Å². The number of ether oxygens (including phenoxy) is 2. The van der Waals surface area contributed by atoms with Crippen LogP contribution in [0.3, 0.4) is 0 Å². The molecule has 29 heavy (non-hydrogen) atoms. The monoisotopic (exact) mass is 430 g/mol. The molecule has 1 amide bonds. The van der Waals surface area contributed by atoms with Crippen LogP contribution in [0, 0.1) is 6.92 Å². The van der Waals surface area contributed by atoms with Crippen molar-refractivity contribution in [1.29, 1.82) is 0 Å². The average Bonchev–Trinajstić information content (AvgIpc) is 3.04. The fourth-order valence-corrected chi connectivity index (χ4v) is 4.76. The Morgan fingerprint density at radius 1 is 1.24 bits per heavy atom. The Balaban J connectivity index is 1.98. The first-order valence-corrected chi connectivity index (χ1v) is 11.6. The number of benzene rings is 2. The van der Waals surface area contributed by atoms with Crippen molar-refractivity contribution in [2.24, 2.45) is 4.99 Å². The lowest BCUT2D eigenvalue weighted by Gasteiger charge is -2.08. The van der Waals surface area contributed by atoms with E-state index in [4.69, 9.17) is 9.47 Å². The molecule has 154 valence electrons. The predicted octanol–water partition coefficient (Wildman–Crippen LogP) is 4.45. The summed E-state index contributed by atoms with van der Waals surface area (Å²) in [5, 5.41) is 0. The third kappa shape index (κ3) is 5.29. The van der Waals surface area contributed by atoms with Gasteiger partial charge in [-0.1, -0.05) is 29.0 Å². The quantitative estimate of drug-likeness (QED) is 0.391. The number of hydrogen-bond donors (Lipinski definition) is 0. The van der Waals surface area contributed by atoms with E-state index in [1.807, 2.05) is 32.0 Å². The molecule has 0 aliphatic carbocycles. The van der Waals surface area contributed by atoms with Crippen molar-refractivity contribution in [2.45, 2.75) is 31.7 Å². The molecule has 0 saturated heterocycles. The van der Waals surface area contributed by atoms with E-state index in [0.717, 1.165) is 21.3 Å². The van der Waals surface area contributed by atoms with Gasteiger partial charge in [-0.25, -0.2) is 0 Å². The second kappa shape index (κ2) is 10.1. The highest BCUT2D eigenvalue weighted by molar-refractivity contribution is 7.98. The number of hydrogen-bond acceptors (Lipinski definition) is 5. The van der Waals surface area contributed by atoms with Crippen LogP contribution in [-0.4, -0.2) is 37.1 Å². The van der Waals surface area contributed by atoms with Crippen LogP contribution >= 0.6 is 23.1 Å². The minimum atomic E-state index is -0.185. The van der Waals surface area contributed by atoms with Gasteiger partial charge in [-0.15, -0.1) is 11.8 Å². The molecular weight excluding hydrogens is 404 g/mol. The zero-order valence-electron chi connectivity index (χ0n) is 17.2. The van der Waals surface area contributed by atoms with Crippen molar-refractivity contribution >= 4 is 39.2 Å². The number of nitrogens with zero attached hydrogens (tertiary/aromatic N) is 2. The first-order valence-electron chi connectivity index (χ1n) is 9.52. The predicted molar refractivity (Wildman–Crippen MR) is 120 cm³/mol. The molecule has 3 aromatic rings. The van der Waals surface area contributed by atoms with E-state index in [1.54, 1.807) is 18.9 Å². The zero-order chi connectivity index (χ0) is 20.8. The van der Waals surface area contributed by atoms with Gasteiger partial charge in [0.15, 0.2) is 4.80 Å². The molecule has 5 nitrogen and oxygen atoms in total. The van der Waals surface area contributed by atoms with Crippen molar-refractivity contribution in [3.63, 3.8) is 0 Å². The van der Waals surface area contributed by atoms with E-state index in [0.29, 0.717) is 30.3 Å². The summed E-state index contributed by atoms with van der Waals surface area (Å²) in [6.45, 7) is 5.89. The third-order valence-electron chi connectivity index (χ3n) is 4.55. The highest BCUT2D eigenvalue weighted by atomic mass is 32.2. The molecule has 2 aromatic carbocycles. The van der Waals surface area contributed by atoms with Gasteiger partial charge in [0.1, 0.15) is 5.75 Å². The minimum Gasteiger partial charge on any atom is -0.496 e. The summed E-state index contributed by atoms with van der Waals surface area (Å²) in [6, 6.07) is 12.2. The van der Waals surface area contributed by atoms with E-state index in [9.17, 15) is 4.79 Å². The SMILES string of the molecule is CCOCCn1c(=NC(=O)Cc2cc(C)ccc2OC)sc2cc(SC)ccc21. The number of fused-ring (bicyclic) bond motifs is 1. The summed E-state index contributed by atoms with van der Waals surface area (Å²) in [5.74, 6) is 0.528. The number of aryl methyl sites for hydroxylation is 1. The maximum absolute atomic E-state index is 12.8. The van der Waals surface area contributed by atoms with Gasteiger partial charge < -0.3 is 14.0 Å². The molecule has 0 aliphatic rings. The van der Waals surface area contributed by atoms with Crippen LogP contribution in [0.25, 0.3) is 10.2 Å². The van der Waals surface area contributed by atoms with Crippen LogP contribution in [0.5, 0.6) is 5.75 Å². The molecule has 7 heteroatoms. The fraction of sp³-hybridized carbons (Fsp3) is 0.364. The Labute approximate surface area is 179 Å². The van der Waals surface area contributed by atoms with Gasteiger partial charge in [-0.3, -0.25) is 4.79 Å². The van der Waals surface area contributed by atoms with Crippen LogP contribution in [0.4, 0.5) is 0 Å². The van der Waals surface area contributed by atoms with Crippen molar-refractivity contribution in [3.05, 3.63) is 52.3 Å². The average molecular weight is 431 g/mol. The largest absolute Gasteiger partial charge is 0.496 e. The highest BCUT2D eigenvalue weighted by Crippen LogP contribution is 2.24. The maximum atomic E-state index is 12.8. The summed E-state index contributed by atoms with van der Waals surface area (Å²) in [7, 11) is 1.62. The molecule has 3 rings (SSSR count). The summed E-state index contributed by atoms with van der Waals surface area (Å²) in [6.07, 6.45) is 2.27. The van der Waals surface area contributed by atoms with E-state index in [1.165, 1.54) is 16.2 Å². The van der Waals surface area contributed by atoms with E-state index >= 15 is 0 Å². The van der Waals surface area contributed by atoms with Gasteiger partial charge in [-0.2, -0.15) is 4.99 Å². The lowest BCUT2D eigenvalue weighted by atomic mass is 10.1. The molecule has 1 heterocycles. The number of thioether (sulfide) groups is 1. The normalized spacial score (nSPS) is 11.9. The van der Waals surface area contributed by atoms with Gasteiger partial charge in [-0.05, 0) is 44.4 Å². The topological polar surface area (TPSA) is 52.8 Å². The summed E-state index contributed by atoms with van der Waals surface area (Å²) < 4.78 is 14.1. The first-order chi connectivity index (χ1) is 14.0. The van der Waals surface area contributed by atoms with E-state index < -0.39 is 0 Å². The summed E-state index contributed by atoms with van der Waals surface area (Å²) in [4.78, 5) is 19.1. The molecule has 0 saturated carbocycles. The lowest BCUT2D eigenvalue weighted by molar-refractivity contribution is -0.117. The van der Waals surface area contributed by atoms with Crippen LogP contribution in [0.1, 0.15) is 18.1 Å². The Kier molecular flexibility index (Phi) is 7.52. The molecule has 0 N–H and O–H groups in total. The zero-order valence-corrected chi connectivity index (χ0v) is 18.9. The van der Waals surface area contributed by atoms with Gasteiger partial charge in [0.25, 0.3) is 5.91 Å². The third-order valence-corrected chi connectivity index (χ3v) is 6.32. The number of methoxy groups -OCH3 is 1. The summed E-state index contributed by atoms with van der Waals surface area (Å²) >= 11 is 3.24. The van der Waals surface area contributed by atoms with Gasteiger partial charge in [0.2, 0.25) is 0 Å². The van der Waals surface area contributed by atoms with Gasteiger partial charge >= 0.3 is 0 Å². The number of carbonyl (C=O) groups is 1. The van der Waals surface area contributed by atoms with Crippen LogP contribution < -0.4 is 9.54 Å². The Hall–Kier alpha value is -2.09. The maximum Gasteiger partial charge on any atom is 0.252 e. The molecular formula is C22H26N2O3S2. The first kappa shape index (κ1) is 21.6. The molecule has 0 radical (unpaired) electrons. The lowest BCUT2D eigenvalue weighted by Crippen LogP contribution is -2.20. The van der Waals surface area contributed by atoms with Crippen molar-refractivity contribution in [3.8, 4) is 5.75 Å². The van der Waals surface area contributed by atoms with E-state index in [-0.39, 0.29) is 12.3 Å². The van der Waals surface area contributed by atoms with Crippen LogP contribution in [0.15, 0.2) is 46.3 Å². The number of rotatable bonds is 8. The van der Waals surface area contributed by atoms with Crippen molar-refractivity contribution in [1.82, 2.24) is 4.57 Å². The molecule has 0 aliphatic heterocycles. The fourth-order valence-electron chi connectivity index (χ4n) is 3.14. The van der Waals surface area contributed by atoms with Crippen molar-refractivity contribution < 1.29 is 14.3 Å². The number of thiazole rings is 1. The summed E-state index contributed by atoms with van der Waals surface area (Å²) in [5.41, 5.74) is 3.02. The Morgan fingerprint density at radius 2 is 2.07 bits per heavy atom. The smallest absolute Gasteiger partial charge is 0.252 e. The Bertz CT molecular complexity index is 1070. The van der Waals surface area contributed by atoms with Crippen LogP contribution in [-0.2, 0) is 22.5 Å². The number of carbonyl (C=O) groups excluding carboxylic acids is 1. The van der Waals surface area contributed by atoms with Gasteiger partial charge in [0.05, 0.1) is 30.4 Å². The standard InChI is InChI=1S/C22H26N2O3S2/c1-5-27-11-10-24-18-8-7-17(28-4)14-20(18)29-22(24)23-21(25)13-16-12-15(2)6-9-19(16)26-3/h6-9,12,14H,5,10-11,13H2,1-4H3. The number of aromatic nitrogens is 1. The van der Waals surface area contributed by atoms with Crippen molar-refractivity contribution in [2.75, 3.05) is 26.6 Å². The molecule has 1 aromatic heterocycles. The molecule has 0 unspecified atom stereocenters. The molecule has 0 atom stereocenters. The highest BCUT2D eigenvalue weighted by Gasteiger charge is 2.12. The molecule has 0 bridgehead atoms. The second-order valence-corrected chi connectivity index (χ2v) is 8.45. The van der Waals surface area contributed by atoms with E-state index in [2.05, 4.69) is 34.0 Å². The molecule has 0 spiro atoms. The Morgan fingerprint density at radius 3 is 2.79 bits per heavy atom. The minimum absolute atomic E-state index is 0.185. The van der Waals surface area contributed by atoms with Gasteiger partial charge in [0, 0.05) is 23.6 Å². The molecule has 0 fully saturated rings. The number of amides is 1.